The molecular formula is C29H29FN4O3. The fraction of sp³-hybridized carbons (Fsp3) is 0.241. The highest BCUT2D eigenvalue weighted by Gasteiger charge is 2.28. The van der Waals surface area contributed by atoms with E-state index in [1.165, 1.54) is 25.3 Å². The van der Waals surface area contributed by atoms with Crippen molar-refractivity contribution in [3.63, 3.8) is 0 Å². The molecule has 0 aliphatic carbocycles. The summed E-state index contributed by atoms with van der Waals surface area (Å²) in [5.74, 6) is 0.216. The second-order valence-electron chi connectivity index (χ2n) is 9.51. The van der Waals surface area contributed by atoms with Crippen LogP contribution >= 0.6 is 0 Å². The zero-order valence-electron chi connectivity index (χ0n) is 21.1. The van der Waals surface area contributed by atoms with Gasteiger partial charge in [-0.2, -0.15) is 0 Å². The summed E-state index contributed by atoms with van der Waals surface area (Å²) < 4.78 is 22.7. The van der Waals surface area contributed by atoms with Crippen molar-refractivity contribution in [3.8, 4) is 22.6 Å². The Morgan fingerprint density at radius 1 is 1.00 bits per heavy atom. The Kier molecular flexibility index (Phi) is 6.33. The predicted octanol–water partition coefficient (Wildman–Crippen LogP) is 4.38. The van der Waals surface area contributed by atoms with Crippen molar-refractivity contribution < 1.29 is 19.0 Å². The number of aromatic hydroxyl groups is 1. The van der Waals surface area contributed by atoms with E-state index < -0.39 is 0 Å². The molecule has 1 aliphatic rings. The van der Waals surface area contributed by atoms with Gasteiger partial charge in [-0.3, -0.25) is 10.2 Å². The number of phenolic OH excluding ortho intramolecular Hbond substituents is 1. The zero-order valence-corrected chi connectivity index (χ0v) is 21.1. The number of carbonyl (C=O) groups is 1. The summed E-state index contributed by atoms with van der Waals surface area (Å²) in [6.45, 7) is 3.15. The molecule has 4 aromatic rings. The molecule has 0 unspecified atom stereocenters. The molecule has 1 aliphatic heterocycles. The first-order chi connectivity index (χ1) is 17.7. The number of hydrogen-bond acceptors (Lipinski definition) is 4. The summed E-state index contributed by atoms with van der Waals surface area (Å²) in [6, 6.07) is 13.7. The maximum absolute atomic E-state index is 13.9. The van der Waals surface area contributed by atoms with Crippen molar-refractivity contribution in [1.29, 1.82) is 5.41 Å². The molecule has 2 N–H and O–H groups in total. The second-order valence-corrected chi connectivity index (χ2v) is 9.51. The van der Waals surface area contributed by atoms with Crippen LogP contribution in [0.1, 0.15) is 32.6 Å². The Labute approximate surface area is 214 Å². The van der Waals surface area contributed by atoms with Gasteiger partial charge in [0.25, 0.3) is 5.91 Å². The van der Waals surface area contributed by atoms with E-state index in [4.69, 9.17) is 10.1 Å². The van der Waals surface area contributed by atoms with Crippen molar-refractivity contribution >= 4 is 5.91 Å². The first-order valence-corrected chi connectivity index (χ1v) is 12.1. The Morgan fingerprint density at radius 3 is 2.46 bits per heavy atom. The minimum atomic E-state index is -0.297. The number of phenols is 1. The largest absolute Gasteiger partial charge is 0.508 e. The molecule has 0 atom stereocenters. The number of methoxy groups -OCH3 is 1. The summed E-state index contributed by atoms with van der Waals surface area (Å²) >= 11 is 0. The Morgan fingerprint density at radius 2 is 1.76 bits per heavy atom. The van der Waals surface area contributed by atoms with E-state index in [9.17, 15) is 14.3 Å². The molecule has 190 valence electrons. The topological polar surface area (TPSA) is 83.5 Å². The standard InChI is InChI=1S/C29H29FN4O3/c1-18-10-21(30)4-5-24(18)26-13-20(17-34-9-8-32(2)29(34)31)14-27-25(26)6-7-33(28(27)36)16-19-11-22(35)15-23(12-19)37-3/h4-5,8-15,31,35H,6-7,16-17H2,1-3H3. The molecule has 5 rings (SSSR count). The van der Waals surface area contributed by atoms with Gasteiger partial charge in [0.1, 0.15) is 17.3 Å². The van der Waals surface area contributed by atoms with Gasteiger partial charge in [0.05, 0.1) is 13.7 Å². The van der Waals surface area contributed by atoms with Gasteiger partial charge in [-0.25, -0.2) is 4.39 Å². The van der Waals surface area contributed by atoms with Crippen LogP contribution in [0.3, 0.4) is 0 Å². The smallest absolute Gasteiger partial charge is 0.254 e. The number of ether oxygens (including phenoxy) is 1. The molecule has 1 aromatic heterocycles. The SMILES string of the molecule is COc1cc(O)cc(CN2CCc3c(cc(Cn4ccn(C)c4=N)cc3-c3ccc(F)cc3C)C2=O)c1. The zero-order chi connectivity index (χ0) is 26.3. The lowest BCUT2D eigenvalue weighted by Crippen LogP contribution is -2.37. The predicted molar refractivity (Wildman–Crippen MR) is 138 cm³/mol. The van der Waals surface area contributed by atoms with E-state index in [1.807, 2.05) is 43.1 Å². The molecule has 37 heavy (non-hydrogen) atoms. The Balaban J connectivity index is 1.58. The quantitative estimate of drug-likeness (QED) is 0.412. The van der Waals surface area contributed by atoms with Crippen LogP contribution in [0.5, 0.6) is 11.5 Å². The fourth-order valence-corrected chi connectivity index (χ4v) is 5.04. The van der Waals surface area contributed by atoms with Crippen LogP contribution in [0.4, 0.5) is 4.39 Å². The lowest BCUT2D eigenvalue weighted by atomic mass is 9.86. The number of aryl methyl sites for hydroxylation is 2. The second kappa shape index (κ2) is 9.61. The average Bonchev–Trinajstić information content (AvgIpc) is 3.17. The third-order valence-corrected chi connectivity index (χ3v) is 6.93. The molecule has 1 amide bonds. The molecule has 3 aromatic carbocycles. The van der Waals surface area contributed by atoms with Crippen molar-refractivity contribution in [2.24, 2.45) is 7.05 Å². The molecular weight excluding hydrogens is 471 g/mol. The van der Waals surface area contributed by atoms with Crippen LogP contribution in [-0.4, -0.2) is 38.7 Å². The van der Waals surface area contributed by atoms with E-state index >= 15 is 0 Å². The van der Waals surface area contributed by atoms with Gasteiger partial charge in [0.15, 0.2) is 0 Å². The number of amides is 1. The van der Waals surface area contributed by atoms with E-state index in [0.29, 0.717) is 43.0 Å². The van der Waals surface area contributed by atoms with Gasteiger partial charge in [0.2, 0.25) is 5.62 Å². The third kappa shape index (κ3) is 4.74. The number of aromatic nitrogens is 2. The highest BCUT2D eigenvalue weighted by Crippen LogP contribution is 2.35. The summed E-state index contributed by atoms with van der Waals surface area (Å²) in [5, 5.41) is 18.4. The monoisotopic (exact) mass is 500 g/mol. The van der Waals surface area contributed by atoms with Crippen molar-refractivity contribution in [2.45, 2.75) is 26.4 Å². The number of fused-ring (bicyclic) bond motifs is 1. The minimum absolute atomic E-state index is 0.0849. The van der Waals surface area contributed by atoms with E-state index in [1.54, 1.807) is 21.6 Å². The van der Waals surface area contributed by atoms with Crippen LogP contribution in [0, 0.1) is 18.2 Å². The van der Waals surface area contributed by atoms with E-state index in [-0.39, 0.29) is 17.5 Å². The number of benzene rings is 3. The van der Waals surface area contributed by atoms with Crippen molar-refractivity contribution in [3.05, 3.63) is 100 Å². The summed E-state index contributed by atoms with van der Waals surface area (Å²) in [6.07, 6.45) is 4.31. The third-order valence-electron chi connectivity index (χ3n) is 6.93. The number of hydrogen-bond donors (Lipinski definition) is 2. The molecule has 0 radical (unpaired) electrons. The molecule has 8 heteroatoms. The molecule has 0 bridgehead atoms. The van der Waals surface area contributed by atoms with Crippen LogP contribution in [0.2, 0.25) is 0 Å². The lowest BCUT2D eigenvalue weighted by molar-refractivity contribution is 0.0726. The number of rotatable bonds is 6. The van der Waals surface area contributed by atoms with Gasteiger partial charge in [-0.15, -0.1) is 0 Å². The van der Waals surface area contributed by atoms with Crippen LogP contribution in [0.15, 0.2) is 60.9 Å². The molecule has 2 heterocycles. The number of imidazole rings is 1. The van der Waals surface area contributed by atoms with Crippen LogP contribution < -0.4 is 10.4 Å². The van der Waals surface area contributed by atoms with Gasteiger partial charge in [-0.05, 0) is 83.1 Å². The Bertz CT molecular complexity index is 1570. The molecule has 0 saturated carbocycles. The average molecular weight is 501 g/mol. The first-order valence-electron chi connectivity index (χ1n) is 12.1. The van der Waals surface area contributed by atoms with Crippen molar-refractivity contribution in [2.75, 3.05) is 13.7 Å². The summed E-state index contributed by atoms with van der Waals surface area (Å²) in [5.41, 5.74) is 6.17. The Hall–Kier alpha value is -4.33. The normalized spacial score (nSPS) is 13.1. The molecule has 0 fully saturated rings. The van der Waals surface area contributed by atoms with Crippen LogP contribution in [0.25, 0.3) is 11.1 Å². The molecule has 0 spiro atoms. The number of nitrogens with one attached hydrogen (secondary N) is 1. The van der Waals surface area contributed by atoms with Gasteiger partial charge < -0.3 is 23.9 Å². The first kappa shape index (κ1) is 24.4. The highest BCUT2D eigenvalue weighted by atomic mass is 19.1. The molecule has 0 saturated heterocycles. The van der Waals surface area contributed by atoms with Crippen molar-refractivity contribution in [1.82, 2.24) is 14.0 Å². The lowest BCUT2D eigenvalue weighted by Gasteiger charge is -2.31. The number of nitrogens with zero attached hydrogens (tertiary/aromatic N) is 3. The van der Waals surface area contributed by atoms with Gasteiger partial charge in [-0.1, -0.05) is 6.07 Å². The summed E-state index contributed by atoms with van der Waals surface area (Å²) in [7, 11) is 3.35. The van der Waals surface area contributed by atoms with E-state index in [0.717, 1.165) is 33.4 Å². The van der Waals surface area contributed by atoms with Gasteiger partial charge in [0, 0.05) is 44.2 Å². The molecule has 7 nitrogen and oxygen atoms in total. The maximum Gasteiger partial charge on any atom is 0.254 e. The number of carbonyl (C=O) groups excluding carboxylic acids is 1. The minimum Gasteiger partial charge on any atom is -0.508 e. The fourth-order valence-electron chi connectivity index (χ4n) is 5.04. The van der Waals surface area contributed by atoms with Crippen LogP contribution in [-0.2, 0) is 26.6 Å². The summed E-state index contributed by atoms with van der Waals surface area (Å²) in [4.78, 5) is 15.6. The number of halogens is 1. The van der Waals surface area contributed by atoms with Gasteiger partial charge >= 0.3 is 0 Å². The maximum atomic E-state index is 13.9. The highest BCUT2D eigenvalue weighted by molar-refractivity contribution is 5.99. The van der Waals surface area contributed by atoms with E-state index in [2.05, 4.69) is 6.07 Å².